The third kappa shape index (κ3) is 4.12. The molecule has 1 amide bonds. The molecule has 0 aliphatic carbocycles. The van der Waals surface area contributed by atoms with Crippen LogP contribution in [0.4, 0.5) is 5.69 Å². The summed E-state index contributed by atoms with van der Waals surface area (Å²) in [6.45, 7) is 8.55. The zero-order chi connectivity index (χ0) is 19.8. The van der Waals surface area contributed by atoms with Gasteiger partial charge in [0.25, 0.3) is 0 Å². The zero-order valence-corrected chi connectivity index (χ0v) is 18.0. The van der Waals surface area contributed by atoms with Crippen molar-refractivity contribution in [2.24, 2.45) is 7.05 Å². The molecule has 0 saturated carbocycles. The average Bonchev–Trinajstić information content (AvgIpc) is 2.91. The zero-order valence-electron chi connectivity index (χ0n) is 16.3. The van der Waals surface area contributed by atoms with Crippen molar-refractivity contribution in [1.29, 1.82) is 0 Å². The summed E-state index contributed by atoms with van der Waals surface area (Å²) in [6, 6.07) is 15.9. The van der Waals surface area contributed by atoms with E-state index in [2.05, 4.69) is 58.9 Å². The summed E-state index contributed by atoms with van der Waals surface area (Å²) in [5, 5.41) is 7.33. The first-order chi connectivity index (χ1) is 12.7. The van der Waals surface area contributed by atoms with E-state index >= 15 is 0 Å². The molecule has 1 N–H and O–H groups in total. The number of carbonyl (C=O) groups is 1. The fourth-order valence-electron chi connectivity index (χ4n) is 2.78. The van der Waals surface area contributed by atoms with Gasteiger partial charge in [-0.25, -0.2) is 0 Å². The Morgan fingerprint density at radius 1 is 1.04 bits per heavy atom. The van der Waals surface area contributed by atoms with Gasteiger partial charge in [0.1, 0.15) is 0 Å². The van der Waals surface area contributed by atoms with E-state index in [0.717, 1.165) is 21.3 Å². The topological polar surface area (TPSA) is 51.9 Å². The van der Waals surface area contributed by atoms with Crippen molar-refractivity contribution in [3.8, 4) is 5.69 Å². The molecule has 0 saturated heterocycles. The maximum absolute atomic E-state index is 12.9. The van der Waals surface area contributed by atoms with Gasteiger partial charge in [-0.3, -0.25) is 0 Å². The summed E-state index contributed by atoms with van der Waals surface area (Å²) in [6.07, 6.45) is 0. The van der Waals surface area contributed by atoms with E-state index in [0.29, 0.717) is 5.82 Å². The molecular weight excluding hydrogens is 403 g/mol. The van der Waals surface area contributed by atoms with E-state index < -0.39 is 0 Å². The SMILES string of the molecule is Cc1ccc(NC(=O)c2nn(C)c(=[Se])n2-c2ccc(C(C)(C)C)cc2)cc1. The minimum absolute atomic E-state index is 0.0744. The maximum atomic E-state index is 12.9. The Hall–Kier alpha value is -2.43. The number of amides is 1. The Morgan fingerprint density at radius 3 is 2.19 bits per heavy atom. The Balaban J connectivity index is 1.98. The molecule has 0 radical (unpaired) electrons. The monoisotopic (exact) mass is 428 g/mol. The van der Waals surface area contributed by atoms with Gasteiger partial charge in [0.15, 0.2) is 0 Å². The summed E-state index contributed by atoms with van der Waals surface area (Å²) in [5.74, 6) is 0.0752. The van der Waals surface area contributed by atoms with Gasteiger partial charge >= 0.3 is 167 Å². The van der Waals surface area contributed by atoms with Gasteiger partial charge in [0.2, 0.25) is 0 Å². The van der Waals surface area contributed by atoms with Crippen LogP contribution < -0.4 is 5.32 Å². The second kappa shape index (κ2) is 7.29. The summed E-state index contributed by atoms with van der Waals surface area (Å²) in [5.41, 5.74) is 4.09. The second-order valence-corrected chi connectivity index (χ2v) is 8.45. The Morgan fingerprint density at radius 2 is 1.63 bits per heavy atom. The van der Waals surface area contributed by atoms with Crippen LogP contribution in [0, 0.1) is 11.2 Å². The Bertz CT molecular complexity index is 1020. The molecule has 3 rings (SSSR count). The van der Waals surface area contributed by atoms with E-state index in [9.17, 15) is 4.79 Å². The summed E-state index contributed by atoms with van der Waals surface area (Å²) < 4.78 is 4.25. The molecule has 1 heterocycles. The van der Waals surface area contributed by atoms with Crippen molar-refractivity contribution in [2.45, 2.75) is 33.1 Å². The Labute approximate surface area is 167 Å². The van der Waals surface area contributed by atoms with Crippen LogP contribution in [0.3, 0.4) is 0 Å². The van der Waals surface area contributed by atoms with Gasteiger partial charge in [-0.2, -0.15) is 0 Å². The van der Waals surface area contributed by atoms with E-state index in [1.807, 2.05) is 54.9 Å². The van der Waals surface area contributed by atoms with Crippen LogP contribution in [0.25, 0.3) is 5.69 Å². The fourth-order valence-corrected chi connectivity index (χ4v) is 3.27. The van der Waals surface area contributed by atoms with Gasteiger partial charge in [-0.05, 0) is 0 Å². The first-order valence-corrected chi connectivity index (χ1v) is 9.67. The van der Waals surface area contributed by atoms with Crippen LogP contribution in [0.2, 0.25) is 0 Å². The number of hydrogen-bond acceptors (Lipinski definition) is 2. The molecule has 0 spiro atoms. The van der Waals surface area contributed by atoms with Crippen LogP contribution >= 0.6 is 0 Å². The molecule has 0 aliphatic rings. The summed E-state index contributed by atoms with van der Waals surface area (Å²) in [4.78, 5) is 12.9. The predicted molar refractivity (Wildman–Crippen MR) is 109 cm³/mol. The molecular formula is C21H24N4OSe. The molecule has 5 nitrogen and oxygen atoms in total. The van der Waals surface area contributed by atoms with Gasteiger partial charge in [0, 0.05) is 0 Å². The first-order valence-electron chi connectivity index (χ1n) is 8.82. The summed E-state index contributed by atoms with van der Waals surface area (Å²) >= 11 is 3.01. The number of anilines is 1. The number of nitrogens with one attached hydrogen (secondary N) is 1. The van der Waals surface area contributed by atoms with Gasteiger partial charge in [-0.1, -0.05) is 0 Å². The fraction of sp³-hybridized carbons (Fsp3) is 0.286. The number of benzene rings is 2. The van der Waals surface area contributed by atoms with Crippen molar-refractivity contribution in [3.63, 3.8) is 0 Å². The normalized spacial score (nSPS) is 11.4. The van der Waals surface area contributed by atoms with Crippen molar-refractivity contribution < 1.29 is 4.79 Å². The molecule has 0 atom stereocenters. The first kappa shape index (κ1) is 19.3. The van der Waals surface area contributed by atoms with Gasteiger partial charge in [-0.15, -0.1) is 0 Å². The average molecular weight is 427 g/mol. The van der Waals surface area contributed by atoms with Crippen LogP contribution in [0.15, 0.2) is 48.5 Å². The number of nitrogens with zero attached hydrogens (tertiary/aromatic N) is 3. The number of aryl methyl sites for hydroxylation is 2. The van der Waals surface area contributed by atoms with E-state index in [4.69, 9.17) is 0 Å². The van der Waals surface area contributed by atoms with Crippen molar-refractivity contribution in [1.82, 2.24) is 14.3 Å². The Kier molecular flexibility index (Phi) is 5.22. The van der Waals surface area contributed by atoms with Crippen molar-refractivity contribution in [2.75, 3.05) is 5.32 Å². The van der Waals surface area contributed by atoms with E-state index in [1.54, 1.807) is 4.68 Å². The number of aromatic nitrogens is 3. The molecule has 6 heteroatoms. The third-order valence-corrected chi connectivity index (χ3v) is 5.37. The van der Waals surface area contributed by atoms with E-state index in [-0.39, 0.29) is 11.3 Å². The number of rotatable bonds is 3. The summed E-state index contributed by atoms with van der Waals surface area (Å²) in [7, 11) is 1.81. The molecule has 0 aliphatic heterocycles. The quantitative estimate of drug-likeness (QED) is 0.647. The van der Waals surface area contributed by atoms with Crippen LogP contribution in [-0.4, -0.2) is 35.8 Å². The molecule has 3 aromatic rings. The van der Waals surface area contributed by atoms with E-state index in [1.165, 1.54) is 5.56 Å². The molecule has 0 fully saturated rings. The number of carbonyl (C=O) groups excluding carboxylic acids is 1. The molecule has 1 aromatic heterocycles. The minimum atomic E-state index is -0.254. The molecule has 0 unspecified atom stereocenters. The second-order valence-electron chi connectivity index (χ2n) is 7.68. The number of hydrogen-bond donors (Lipinski definition) is 1. The molecule has 0 bridgehead atoms. The van der Waals surface area contributed by atoms with Crippen LogP contribution in [-0.2, 0) is 12.5 Å². The molecule has 27 heavy (non-hydrogen) atoms. The standard InChI is InChI=1S/C21H24N4OSe/c1-14-6-10-16(11-7-14)22-19(26)18-23-24(5)20(27)25(18)17-12-8-15(9-13-17)21(2,3)4/h6-13H,1-5H3,(H,22,26). The van der Waals surface area contributed by atoms with Gasteiger partial charge in [0.05, 0.1) is 0 Å². The van der Waals surface area contributed by atoms with Crippen LogP contribution in [0.5, 0.6) is 0 Å². The van der Waals surface area contributed by atoms with Gasteiger partial charge < -0.3 is 0 Å². The molecule has 140 valence electrons. The third-order valence-electron chi connectivity index (χ3n) is 4.43. The van der Waals surface area contributed by atoms with Crippen LogP contribution in [0.1, 0.15) is 42.5 Å². The van der Waals surface area contributed by atoms with Crippen molar-refractivity contribution >= 4 is 27.2 Å². The predicted octanol–water partition coefficient (Wildman–Crippen LogP) is 3.77. The van der Waals surface area contributed by atoms with Crippen molar-refractivity contribution in [3.05, 3.63) is 69.8 Å². The molecule has 2 aromatic carbocycles.